The average molecular weight is 538 g/mol. The summed E-state index contributed by atoms with van der Waals surface area (Å²) < 4.78 is 6.57. The molecule has 1 N–H and O–H groups in total. The first-order chi connectivity index (χ1) is 19.3. The molecule has 40 heavy (non-hydrogen) atoms. The lowest BCUT2D eigenvalue weighted by Crippen LogP contribution is -2.40. The Kier molecular flexibility index (Phi) is 8.12. The SMILES string of the molecule is COC(=O)/C=C/c1cc(C)cc(N(C(=O)C2CCCCC2)C(O)c2ccc(-c3ccc4c(cnn4C)c3)cc2)c1. The fourth-order valence-corrected chi connectivity index (χ4v) is 5.53. The zero-order valence-corrected chi connectivity index (χ0v) is 23.2. The zero-order chi connectivity index (χ0) is 28.2. The number of fused-ring (bicyclic) bond motifs is 1. The molecule has 7 heteroatoms. The number of anilines is 1. The van der Waals surface area contributed by atoms with Crippen LogP contribution in [0.25, 0.3) is 28.1 Å². The van der Waals surface area contributed by atoms with Gasteiger partial charge in [-0.05, 0) is 72.4 Å². The molecular weight excluding hydrogens is 502 g/mol. The highest BCUT2D eigenvalue weighted by Gasteiger charge is 2.32. The standard InChI is InChI=1S/C33H35N3O4/c1-22-17-23(9-16-31(37)40-3)19-29(18-22)36(32(38)25-7-5-4-6-8-25)33(39)26-12-10-24(11-13-26)27-14-15-30-28(20-27)21-34-35(30)2/h9-21,25,33,39H,4-8H2,1-3H3/b16-9+. The fourth-order valence-electron chi connectivity index (χ4n) is 5.53. The average Bonchev–Trinajstić information content (AvgIpc) is 3.36. The number of amides is 1. The maximum Gasteiger partial charge on any atom is 0.330 e. The molecule has 0 bridgehead atoms. The second-order valence-electron chi connectivity index (χ2n) is 10.5. The van der Waals surface area contributed by atoms with Crippen molar-refractivity contribution in [1.29, 1.82) is 0 Å². The van der Waals surface area contributed by atoms with Gasteiger partial charge in [-0.15, -0.1) is 0 Å². The Balaban J connectivity index is 1.48. The number of carbonyl (C=O) groups excluding carboxylic acids is 2. The van der Waals surface area contributed by atoms with Crippen molar-refractivity contribution in [3.05, 3.63) is 89.6 Å². The fraction of sp³-hybridized carbons (Fsp3) is 0.303. The van der Waals surface area contributed by atoms with Crippen LogP contribution < -0.4 is 4.90 Å². The summed E-state index contributed by atoms with van der Waals surface area (Å²) in [6.45, 7) is 1.93. The molecule has 1 fully saturated rings. The molecule has 1 aromatic heterocycles. The highest BCUT2D eigenvalue weighted by Crippen LogP contribution is 2.34. The Morgan fingerprint density at radius 3 is 2.48 bits per heavy atom. The topological polar surface area (TPSA) is 84.7 Å². The molecule has 206 valence electrons. The van der Waals surface area contributed by atoms with Gasteiger partial charge in [-0.1, -0.05) is 55.7 Å². The van der Waals surface area contributed by atoms with Crippen LogP contribution in [0.2, 0.25) is 0 Å². The van der Waals surface area contributed by atoms with Gasteiger partial charge < -0.3 is 9.84 Å². The maximum absolute atomic E-state index is 13.9. The predicted octanol–water partition coefficient (Wildman–Crippen LogP) is 6.34. The van der Waals surface area contributed by atoms with Gasteiger partial charge >= 0.3 is 5.97 Å². The summed E-state index contributed by atoms with van der Waals surface area (Å²) in [5.41, 5.74) is 6.01. The number of aliphatic hydroxyl groups is 1. The quantitative estimate of drug-likeness (QED) is 0.169. The minimum Gasteiger partial charge on any atom is -0.466 e. The molecule has 1 aliphatic rings. The Hall–Kier alpha value is -4.23. The van der Waals surface area contributed by atoms with Crippen molar-refractivity contribution in [1.82, 2.24) is 9.78 Å². The van der Waals surface area contributed by atoms with Gasteiger partial charge in [0.2, 0.25) is 5.91 Å². The summed E-state index contributed by atoms with van der Waals surface area (Å²) in [6.07, 6.45) is 8.48. The number of carbonyl (C=O) groups is 2. The smallest absolute Gasteiger partial charge is 0.330 e. The third-order valence-corrected chi connectivity index (χ3v) is 7.70. The summed E-state index contributed by atoms with van der Waals surface area (Å²) >= 11 is 0. The molecule has 0 spiro atoms. The largest absolute Gasteiger partial charge is 0.466 e. The number of esters is 1. The second kappa shape index (κ2) is 11.9. The molecule has 4 aromatic rings. The van der Waals surface area contributed by atoms with Crippen molar-refractivity contribution in [2.75, 3.05) is 12.0 Å². The summed E-state index contributed by atoms with van der Waals surface area (Å²) in [7, 11) is 3.25. The van der Waals surface area contributed by atoms with Crippen LogP contribution in [0.4, 0.5) is 5.69 Å². The highest BCUT2D eigenvalue weighted by atomic mass is 16.5. The highest BCUT2D eigenvalue weighted by molar-refractivity contribution is 5.96. The molecule has 0 radical (unpaired) electrons. The van der Waals surface area contributed by atoms with Gasteiger partial charge in [0.1, 0.15) is 0 Å². The molecule has 0 aliphatic heterocycles. The third-order valence-electron chi connectivity index (χ3n) is 7.70. The molecule has 7 nitrogen and oxygen atoms in total. The Labute approximate surface area is 234 Å². The van der Waals surface area contributed by atoms with Gasteiger partial charge in [0, 0.05) is 35.7 Å². The first kappa shape index (κ1) is 27.3. The van der Waals surface area contributed by atoms with Gasteiger partial charge in [0.25, 0.3) is 0 Å². The van der Waals surface area contributed by atoms with Crippen LogP contribution in [0.1, 0.15) is 55.0 Å². The molecule has 1 heterocycles. The van der Waals surface area contributed by atoms with Crippen molar-refractivity contribution >= 4 is 34.5 Å². The summed E-state index contributed by atoms with van der Waals surface area (Å²) in [5, 5.41) is 17.1. The minimum atomic E-state index is -1.16. The molecule has 1 aliphatic carbocycles. The van der Waals surface area contributed by atoms with E-state index in [0.717, 1.165) is 65.3 Å². The van der Waals surface area contributed by atoms with Crippen LogP contribution in [0, 0.1) is 12.8 Å². The number of aromatic nitrogens is 2. The molecule has 5 rings (SSSR count). The van der Waals surface area contributed by atoms with E-state index in [1.54, 1.807) is 6.08 Å². The van der Waals surface area contributed by atoms with E-state index in [-0.39, 0.29) is 11.8 Å². The first-order valence-electron chi connectivity index (χ1n) is 13.7. The lowest BCUT2D eigenvalue weighted by atomic mass is 9.87. The number of benzene rings is 3. The minimum absolute atomic E-state index is 0.0770. The molecule has 0 saturated heterocycles. The normalized spacial score (nSPS) is 14.9. The lowest BCUT2D eigenvalue weighted by Gasteiger charge is -2.33. The molecule has 1 amide bonds. The number of ether oxygens (including phenoxy) is 1. The van der Waals surface area contributed by atoms with Crippen molar-refractivity contribution in [3.63, 3.8) is 0 Å². The molecular formula is C33H35N3O4. The van der Waals surface area contributed by atoms with E-state index >= 15 is 0 Å². The number of aryl methyl sites for hydroxylation is 2. The number of methoxy groups -OCH3 is 1. The molecule has 1 unspecified atom stereocenters. The van der Waals surface area contributed by atoms with Crippen LogP contribution in [0.3, 0.4) is 0 Å². The number of nitrogens with zero attached hydrogens (tertiary/aromatic N) is 3. The van der Waals surface area contributed by atoms with Gasteiger partial charge in [-0.2, -0.15) is 5.10 Å². The van der Waals surface area contributed by atoms with E-state index in [1.165, 1.54) is 18.1 Å². The van der Waals surface area contributed by atoms with Crippen LogP contribution in [-0.4, -0.2) is 33.9 Å². The number of aliphatic hydroxyl groups excluding tert-OH is 1. The summed E-state index contributed by atoms with van der Waals surface area (Å²) in [6, 6.07) is 19.6. The van der Waals surface area contributed by atoms with Crippen LogP contribution in [0.5, 0.6) is 0 Å². The van der Waals surface area contributed by atoms with E-state index < -0.39 is 12.2 Å². The summed E-state index contributed by atoms with van der Waals surface area (Å²) in [5.74, 6) is -0.670. The molecule has 1 saturated carbocycles. The molecule has 3 aromatic carbocycles. The van der Waals surface area contributed by atoms with E-state index in [1.807, 2.05) is 67.3 Å². The van der Waals surface area contributed by atoms with Crippen molar-refractivity contribution in [2.45, 2.75) is 45.3 Å². The second-order valence-corrected chi connectivity index (χ2v) is 10.5. The number of hydrogen-bond acceptors (Lipinski definition) is 5. The Morgan fingerprint density at radius 2 is 1.75 bits per heavy atom. The van der Waals surface area contributed by atoms with Gasteiger partial charge in [0.05, 0.1) is 18.8 Å². The van der Waals surface area contributed by atoms with Crippen LogP contribution in [0.15, 0.2) is 72.9 Å². The van der Waals surface area contributed by atoms with Crippen LogP contribution >= 0.6 is 0 Å². The summed E-state index contributed by atoms with van der Waals surface area (Å²) in [4.78, 5) is 27.1. The Morgan fingerprint density at radius 1 is 1.02 bits per heavy atom. The van der Waals surface area contributed by atoms with E-state index in [9.17, 15) is 14.7 Å². The third kappa shape index (κ3) is 5.84. The van der Waals surface area contributed by atoms with E-state index in [2.05, 4.69) is 23.3 Å². The number of rotatable bonds is 7. The first-order valence-corrected chi connectivity index (χ1v) is 13.7. The maximum atomic E-state index is 13.9. The van der Waals surface area contributed by atoms with Crippen LogP contribution in [-0.2, 0) is 21.4 Å². The van der Waals surface area contributed by atoms with Gasteiger partial charge in [-0.3, -0.25) is 14.4 Å². The van der Waals surface area contributed by atoms with Crippen molar-refractivity contribution in [2.24, 2.45) is 13.0 Å². The van der Waals surface area contributed by atoms with Crippen molar-refractivity contribution in [3.8, 4) is 11.1 Å². The Bertz CT molecular complexity index is 1550. The lowest BCUT2D eigenvalue weighted by molar-refractivity contribution is -0.134. The van der Waals surface area contributed by atoms with Gasteiger partial charge in [0.15, 0.2) is 6.23 Å². The zero-order valence-electron chi connectivity index (χ0n) is 23.2. The molecule has 1 atom stereocenters. The number of hydrogen-bond donors (Lipinski definition) is 1. The van der Waals surface area contributed by atoms with Crippen molar-refractivity contribution < 1.29 is 19.4 Å². The van der Waals surface area contributed by atoms with E-state index in [0.29, 0.717) is 11.3 Å². The predicted molar refractivity (Wildman–Crippen MR) is 157 cm³/mol. The monoisotopic (exact) mass is 537 g/mol. The van der Waals surface area contributed by atoms with E-state index in [4.69, 9.17) is 4.74 Å². The van der Waals surface area contributed by atoms with Gasteiger partial charge in [-0.25, -0.2) is 4.79 Å².